The Labute approximate surface area is 310 Å². The van der Waals surface area contributed by atoms with E-state index >= 15 is 0 Å². The van der Waals surface area contributed by atoms with Gasteiger partial charge in [-0.2, -0.15) is 0 Å². The van der Waals surface area contributed by atoms with Gasteiger partial charge in [0.2, 0.25) is 0 Å². The zero-order valence-electron chi connectivity index (χ0n) is 32.1. The number of rotatable bonds is 32. The molecule has 0 amide bonds. The second kappa shape index (κ2) is 38.9. The molecule has 51 heavy (non-hydrogen) atoms. The van der Waals surface area contributed by atoms with E-state index in [0.717, 1.165) is 77.0 Å². The predicted octanol–water partition coefficient (Wildman–Crippen LogP) is 12.1. The fourth-order valence-electron chi connectivity index (χ4n) is 4.49. The number of unbranched alkanes of at least 4 members (excludes halogenated alkanes) is 8. The fraction of sp³-hybridized carbons (Fsp3) is 0.533. The Morgan fingerprint density at radius 1 is 0.451 bits per heavy atom. The summed E-state index contributed by atoms with van der Waals surface area (Å²) in [4.78, 5) is 37.4. The Morgan fingerprint density at radius 3 is 1.51 bits per heavy atom. The molecule has 0 spiro atoms. The molecule has 0 aliphatic carbocycles. The Hall–Kier alpha value is -3.93. The summed E-state index contributed by atoms with van der Waals surface area (Å²) in [5.74, 6) is -1.15. The smallest absolute Gasteiger partial charge is 0.309 e. The molecule has 0 radical (unpaired) electrons. The van der Waals surface area contributed by atoms with Gasteiger partial charge in [-0.3, -0.25) is 14.4 Å². The van der Waals surface area contributed by atoms with Crippen LogP contribution in [0.5, 0.6) is 0 Å². The average Bonchev–Trinajstić information content (AvgIpc) is 3.12. The van der Waals surface area contributed by atoms with E-state index in [0.29, 0.717) is 6.42 Å². The van der Waals surface area contributed by atoms with Crippen molar-refractivity contribution in [3.8, 4) is 0 Å². The topological polar surface area (TPSA) is 78.9 Å². The molecule has 0 aromatic heterocycles. The quantitative estimate of drug-likeness (QED) is 0.0228. The van der Waals surface area contributed by atoms with Gasteiger partial charge in [0.15, 0.2) is 6.10 Å². The molecule has 0 aliphatic rings. The maximum absolute atomic E-state index is 12.6. The van der Waals surface area contributed by atoms with E-state index < -0.39 is 12.1 Å². The number of carbonyl (C=O) groups is 3. The fourth-order valence-corrected chi connectivity index (χ4v) is 4.49. The lowest BCUT2D eigenvalue weighted by Crippen LogP contribution is -2.30. The number of hydrogen-bond acceptors (Lipinski definition) is 6. The Balaban J connectivity index is 4.61. The van der Waals surface area contributed by atoms with Crippen LogP contribution in [0.3, 0.4) is 0 Å². The number of carbonyl (C=O) groups excluding carboxylic acids is 3. The molecule has 0 saturated heterocycles. The summed E-state index contributed by atoms with van der Waals surface area (Å²) in [5, 5.41) is 0. The summed E-state index contributed by atoms with van der Waals surface area (Å²) in [7, 11) is 0. The molecular formula is C45H68O6. The van der Waals surface area contributed by atoms with E-state index in [4.69, 9.17) is 14.2 Å². The number of allylic oxidation sites excluding steroid dienone is 17. The van der Waals surface area contributed by atoms with Crippen LogP contribution in [0.4, 0.5) is 0 Å². The van der Waals surface area contributed by atoms with Crippen molar-refractivity contribution in [2.24, 2.45) is 0 Å². The molecule has 0 heterocycles. The molecule has 0 N–H and O–H groups in total. The first-order valence-corrected chi connectivity index (χ1v) is 19.5. The Bertz CT molecular complexity index is 1130. The molecule has 0 rings (SSSR count). The molecular weight excluding hydrogens is 636 g/mol. The van der Waals surface area contributed by atoms with Gasteiger partial charge in [-0.15, -0.1) is 0 Å². The van der Waals surface area contributed by atoms with Crippen molar-refractivity contribution < 1.29 is 28.6 Å². The van der Waals surface area contributed by atoms with Crippen LogP contribution in [0.1, 0.15) is 136 Å². The SMILES string of the molecule is CC\C=C/C=C\C=C/C=C\CCCCCC(=O)OCC(COC(=O)C/C=C\C/C=C\C/C=C\CC)OC(=O)CCCCC/C=C\C=C/CCCC. The highest BCUT2D eigenvalue weighted by Crippen LogP contribution is 2.09. The van der Waals surface area contributed by atoms with Gasteiger partial charge in [0.05, 0.1) is 6.42 Å². The number of hydrogen-bond donors (Lipinski definition) is 0. The monoisotopic (exact) mass is 705 g/mol. The maximum Gasteiger partial charge on any atom is 0.309 e. The van der Waals surface area contributed by atoms with E-state index in [1.54, 1.807) is 6.08 Å². The first-order chi connectivity index (χ1) is 25.0. The Morgan fingerprint density at radius 2 is 0.922 bits per heavy atom. The second-order valence-electron chi connectivity index (χ2n) is 12.2. The molecule has 1 unspecified atom stereocenters. The highest BCUT2D eigenvalue weighted by atomic mass is 16.6. The molecule has 0 aromatic rings. The molecule has 284 valence electrons. The van der Waals surface area contributed by atoms with Gasteiger partial charge < -0.3 is 14.2 Å². The second-order valence-corrected chi connectivity index (χ2v) is 12.2. The molecule has 0 saturated carbocycles. The van der Waals surface area contributed by atoms with E-state index in [1.165, 1.54) is 12.8 Å². The van der Waals surface area contributed by atoms with Crippen LogP contribution in [-0.2, 0) is 28.6 Å². The third-order valence-electron chi connectivity index (χ3n) is 7.40. The van der Waals surface area contributed by atoms with E-state index in [-0.39, 0.29) is 44.4 Å². The Kier molecular flexibility index (Phi) is 35.9. The van der Waals surface area contributed by atoms with Crippen LogP contribution in [0, 0.1) is 0 Å². The zero-order valence-corrected chi connectivity index (χ0v) is 32.1. The summed E-state index contributed by atoms with van der Waals surface area (Å²) in [6.07, 6.45) is 51.1. The minimum Gasteiger partial charge on any atom is -0.462 e. The molecule has 6 heteroatoms. The van der Waals surface area contributed by atoms with Crippen molar-refractivity contribution in [1.82, 2.24) is 0 Å². The first kappa shape index (κ1) is 47.1. The normalized spacial score (nSPS) is 13.2. The molecule has 6 nitrogen and oxygen atoms in total. The van der Waals surface area contributed by atoms with Crippen molar-refractivity contribution in [1.29, 1.82) is 0 Å². The van der Waals surface area contributed by atoms with Gasteiger partial charge in [-0.25, -0.2) is 0 Å². The van der Waals surface area contributed by atoms with Crippen LogP contribution in [0.2, 0.25) is 0 Å². The van der Waals surface area contributed by atoms with E-state index in [1.807, 2.05) is 42.5 Å². The van der Waals surface area contributed by atoms with E-state index in [2.05, 4.69) is 81.5 Å². The first-order valence-electron chi connectivity index (χ1n) is 19.5. The van der Waals surface area contributed by atoms with Crippen molar-refractivity contribution in [3.63, 3.8) is 0 Å². The third kappa shape index (κ3) is 37.2. The average molecular weight is 705 g/mol. The van der Waals surface area contributed by atoms with E-state index in [9.17, 15) is 14.4 Å². The molecule has 0 bridgehead atoms. The van der Waals surface area contributed by atoms with Gasteiger partial charge in [0, 0.05) is 12.8 Å². The zero-order chi connectivity index (χ0) is 37.3. The van der Waals surface area contributed by atoms with Crippen molar-refractivity contribution in [2.75, 3.05) is 13.2 Å². The lowest BCUT2D eigenvalue weighted by molar-refractivity contribution is -0.166. The lowest BCUT2D eigenvalue weighted by atomic mass is 10.1. The van der Waals surface area contributed by atoms with Gasteiger partial charge in [0.25, 0.3) is 0 Å². The van der Waals surface area contributed by atoms with Crippen LogP contribution in [-0.4, -0.2) is 37.2 Å². The largest absolute Gasteiger partial charge is 0.462 e. The van der Waals surface area contributed by atoms with Crippen LogP contribution >= 0.6 is 0 Å². The summed E-state index contributed by atoms with van der Waals surface area (Å²) >= 11 is 0. The minimum absolute atomic E-state index is 0.117. The minimum atomic E-state index is -0.841. The summed E-state index contributed by atoms with van der Waals surface area (Å²) in [6, 6.07) is 0. The summed E-state index contributed by atoms with van der Waals surface area (Å²) < 4.78 is 16.4. The van der Waals surface area contributed by atoms with Gasteiger partial charge in [-0.05, 0) is 70.6 Å². The van der Waals surface area contributed by atoms with Crippen molar-refractivity contribution in [3.05, 3.63) is 109 Å². The van der Waals surface area contributed by atoms with Gasteiger partial charge in [-0.1, -0.05) is 156 Å². The van der Waals surface area contributed by atoms with Gasteiger partial charge >= 0.3 is 17.9 Å². The number of ether oxygens (including phenoxy) is 3. The maximum atomic E-state index is 12.6. The molecule has 0 fully saturated rings. The molecule has 0 aromatic carbocycles. The highest BCUT2D eigenvalue weighted by molar-refractivity contribution is 5.72. The molecule has 0 aliphatic heterocycles. The molecule has 1 atom stereocenters. The number of esters is 3. The van der Waals surface area contributed by atoms with Crippen molar-refractivity contribution >= 4 is 17.9 Å². The summed E-state index contributed by atoms with van der Waals surface area (Å²) in [6.45, 7) is 6.11. The van der Waals surface area contributed by atoms with Crippen LogP contribution < -0.4 is 0 Å². The van der Waals surface area contributed by atoms with Crippen LogP contribution in [0.25, 0.3) is 0 Å². The third-order valence-corrected chi connectivity index (χ3v) is 7.40. The van der Waals surface area contributed by atoms with Crippen LogP contribution in [0.15, 0.2) is 109 Å². The summed E-state index contributed by atoms with van der Waals surface area (Å²) in [5.41, 5.74) is 0. The standard InChI is InChI=1S/C45H68O6/c1-4-7-10-13-16-19-21-22-24-26-29-32-35-38-44(47)50-41-42(40-49-43(46)37-34-31-28-25-18-15-12-9-6-3)51-45(48)39-36-33-30-27-23-20-17-14-11-8-5-2/h7,9-10,12-14,16-25,31,34,42H,4-6,8,11,15,26-30,32-33,35-41H2,1-3H3/b10-7-,12-9-,16-13-,17-14-,21-19-,23-20-,24-22-,25-18-,34-31-. The van der Waals surface area contributed by atoms with Crippen molar-refractivity contribution in [2.45, 2.75) is 142 Å². The van der Waals surface area contributed by atoms with Gasteiger partial charge in [0.1, 0.15) is 13.2 Å². The predicted molar refractivity (Wildman–Crippen MR) is 214 cm³/mol. The lowest BCUT2D eigenvalue weighted by Gasteiger charge is -2.18. The highest BCUT2D eigenvalue weighted by Gasteiger charge is 2.19.